The predicted octanol–water partition coefficient (Wildman–Crippen LogP) is 3.28. The number of alkyl halides is 1. The van der Waals surface area contributed by atoms with E-state index in [1.54, 1.807) is 6.07 Å². The SMILES string of the molecule is CCN(CCCCl)Cc1ccccc1F. The Hall–Kier alpha value is -0.600. The first-order chi connectivity index (χ1) is 7.27. The highest BCUT2D eigenvalue weighted by atomic mass is 35.5. The average molecular weight is 230 g/mol. The van der Waals surface area contributed by atoms with E-state index in [9.17, 15) is 4.39 Å². The zero-order chi connectivity index (χ0) is 11.1. The van der Waals surface area contributed by atoms with Gasteiger partial charge in [0.05, 0.1) is 0 Å². The lowest BCUT2D eigenvalue weighted by Gasteiger charge is -2.20. The van der Waals surface area contributed by atoms with Gasteiger partial charge in [0.25, 0.3) is 0 Å². The van der Waals surface area contributed by atoms with E-state index in [0.29, 0.717) is 12.4 Å². The van der Waals surface area contributed by atoms with E-state index < -0.39 is 0 Å². The van der Waals surface area contributed by atoms with E-state index in [2.05, 4.69) is 11.8 Å². The summed E-state index contributed by atoms with van der Waals surface area (Å²) in [5.74, 6) is 0.537. The third-order valence-electron chi connectivity index (χ3n) is 2.41. The van der Waals surface area contributed by atoms with Crippen LogP contribution in [0.25, 0.3) is 0 Å². The molecule has 0 spiro atoms. The standard InChI is InChI=1S/C12H17ClFN/c1-2-15(9-5-8-13)10-11-6-3-4-7-12(11)14/h3-4,6-7H,2,5,8-10H2,1H3. The van der Waals surface area contributed by atoms with Crippen LogP contribution in [0.4, 0.5) is 4.39 Å². The second-order valence-corrected chi connectivity index (χ2v) is 3.88. The molecule has 0 fully saturated rings. The van der Waals surface area contributed by atoms with Crippen molar-refractivity contribution in [3.8, 4) is 0 Å². The van der Waals surface area contributed by atoms with Gasteiger partial charge in [-0.3, -0.25) is 4.90 Å². The highest BCUT2D eigenvalue weighted by Gasteiger charge is 2.06. The van der Waals surface area contributed by atoms with Crippen LogP contribution in [0.2, 0.25) is 0 Å². The summed E-state index contributed by atoms with van der Waals surface area (Å²) in [6, 6.07) is 6.92. The van der Waals surface area contributed by atoms with Crippen molar-refractivity contribution in [2.24, 2.45) is 0 Å². The van der Waals surface area contributed by atoms with Gasteiger partial charge in [-0.25, -0.2) is 4.39 Å². The second kappa shape index (κ2) is 6.81. The van der Waals surface area contributed by atoms with Gasteiger partial charge in [-0.15, -0.1) is 11.6 Å². The molecule has 0 N–H and O–H groups in total. The van der Waals surface area contributed by atoms with E-state index in [-0.39, 0.29) is 5.82 Å². The third kappa shape index (κ3) is 4.18. The molecule has 0 unspecified atom stereocenters. The van der Waals surface area contributed by atoms with E-state index in [4.69, 9.17) is 11.6 Å². The maximum absolute atomic E-state index is 13.4. The summed E-state index contributed by atoms with van der Waals surface area (Å²) in [6.07, 6.45) is 0.948. The summed E-state index contributed by atoms with van der Waals surface area (Å²) in [7, 11) is 0. The lowest BCUT2D eigenvalue weighted by atomic mass is 10.2. The van der Waals surface area contributed by atoms with Crippen molar-refractivity contribution in [1.82, 2.24) is 4.90 Å². The molecular weight excluding hydrogens is 213 g/mol. The van der Waals surface area contributed by atoms with Gasteiger partial charge in [-0.05, 0) is 25.6 Å². The van der Waals surface area contributed by atoms with Crippen molar-refractivity contribution in [2.75, 3.05) is 19.0 Å². The van der Waals surface area contributed by atoms with Crippen LogP contribution >= 0.6 is 11.6 Å². The minimum atomic E-state index is -0.123. The van der Waals surface area contributed by atoms with Crippen LogP contribution in [0.15, 0.2) is 24.3 Å². The van der Waals surface area contributed by atoms with Crippen LogP contribution < -0.4 is 0 Å². The van der Waals surface area contributed by atoms with Crippen molar-refractivity contribution in [2.45, 2.75) is 19.9 Å². The van der Waals surface area contributed by atoms with Gasteiger partial charge in [-0.2, -0.15) is 0 Å². The number of benzene rings is 1. The van der Waals surface area contributed by atoms with Crippen molar-refractivity contribution in [3.63, 3.8) is 0 Å². The molecule has 15 heavy (non-hydrogen) atoms. The number of nitrogens with zero attached hydrogens (tertiary/aromatic N) is 1. The molecule has 0 aliphatic rings. The normalized spacial score (nSPS) is 10.9. The molecule has 0 atom stereocenters. The average Bonchev–Trinajstić information content (AvgIpc) is 2.26. The van der Waals surface area contributed by atoms with Crippen molar-refractivity contribution < 1.29 is 4.39 Å². The smallest absolute Gasteiger partial charge is 0.127 e. The van der Waals surface area contributed by atoms with Crippen molar-refractivity contribution >= 4 is 11.6 Å². The molecule has 1 rings (SSSR count). The quantitative estimate of drug-likeness (QED) is 0.677. The summed E-state index contributed by atoms with van der Waals surface area (Å²) in [5.41, 5.74) is 0.758. The fourth-order valence-electron chi connectivity index (χ4n) is 1.50. The Kier molecular flexibility index (Phi) is 5.66. The highest BCUT2D eigenvalue weighted by Crippen LogP contribution is 2.10. The van der Waals surface area contributed by atoms with Crippen LogP contribution in [-0.4, -0.2) is 23.9 Å². The van der Waals surface area contributed by atoms with Crippen molar-refractivity contribution in [3.05, 3.63) is 35.6 Å². The van der Waals surface area contributed by atoms with Gasteiger partial charge in [0.1, 0.15) is 5.82 Å². The molecule has 1 aromatic carbocycles. The van der Waals surface area contributed by atoms with Crippen LogP contribution in [0, 0.1) is 5.82 Å². The molecule has 0 aliphatic heterocycles. The molecule has 1 aromatic rings. The molecule has 0 saturated heterocycles. The molecule has 0 saturated carbocycles. The number of hydrogen-bond acceptors (Lipinski definition) is 1. The predicted molar refractivity (Wildman–Crippen MR) is 62.7 cm³/mol. The van der Waals surface area contributed by atoms with Gasteiger partial charge >= 0.3 is 0 Å². The minimum absolute atomic E-state index is 0.123. The summed E-state index contributed by atoms with van der Waals surface area (Å²) in [4.78, 5) is 2.20. The summed E-state index contributed by atoms with van der Waals surface area (Å²) in [6.45, 7) is 4.59. The van der Waals surface area contributed by atoms with Gasteiger partial charge in [0.15, 0.2) is 0 Å². The molecule has 0 bridgehead atoms. The van der Waals surface area contributed by atoms with Gasteiger partial charge < -0.3 is 0 Å². The topological polar surface area (TPSA) is 3.24 Å². The lowest BCUT2D eigenvalue weighted by Crippen LogP contribution is -2.24. The molecule has 0 aromatic heterocycles. The van der Waals surface area contributed by atoms with Crippen LogP contribution in [0.5, 0.6) is 0 Å². The molecule has 1 nitrogen and oxygen atoms in total. The van der Waals surface area contributed by atoms with Gasteiger partial charge in [-0.1, -0.05) is 25.1 Å². The fourth-order valence-corrected chi connectivity index (χ4v) is 1.62. The zero-order valence-electron chi connectivity index (χ0n) is 9.05. The molecule has 3 heteroatoms. The van der Waals surface area contributed by atoms with E-state index >= 15 is 0 Å². The Morgan fingerprint density at radius 1 is 1.33 bits per heavy atom. The van der Waals surface area contributed by atoms with Crippen LogP contribution in [-0.2, 0) is 6.54 Å². The van der Waals surface area contributed by atoms with Gasteiger partial charge in [0.2, 0.25) is 0 Å². The largest absolute Gasteiger partial charge is 0.299 e. The molecule has 0 radical (unpaired) electrons. The Morgan fingerprint density at radius 2 is 2.07 bits per heavy atom. The highest BCUT2D eigenvalue weighted by molar-refractivity contribution is 6.17. The van der Waals surface area contributed by atoms with Crippen LogP contribution in [0.1, 0.15) is 18.9 Å². The van der Waals surface area contributed by atoms with Crippen molar-refractivity contribution in [1.29, 1.82) is 0 Å². The van der Waals surface area contributed by atoms with E-state index in [1.807, 2.05) is 12.1 Å². The Bertz CT molecular complexity index is 291. The summed E-state index contributed by atoms with van der Waals surface area (Å²) in [5, 5.41) is 0. The zero-order valence-corrected chi connectivity index (χ0v) is 9.80. The molecule has 0 amide bonds. The third-order valence-corrected chi connectivity index (χ3v) is 2.67. The Labute approximate surface area is 95.8 Å². The fraction of sp³-hybridized carbons (Fsp3) is 0.500. The molecule has 0 heterocycles. The molecular formula is C12H17ClFN. The first kappa shape index (κ1) is 12.5. The minimum Gasteiger partial charge on any atom is -0.299 e. The maximum Gasteiger partial charge on any atom is 0.127 e. The van der Waals surface area contributed by atoms with Crippen LogP contribution in [0.3, 0.4) is 0 Å². The maximum atomic E-state index is 13.4. The lowest BCUT2D eigenvalue weighted by molar-refractivity contribution is 0.277. The Morgan fingerprint density at radius 3 is 2.67 bits per heavy atom. The molecule has 84 valence electrons. The number of hydrogen-bond donors (Lipinski definition) is 0. The van der Waals surface area contributed by atoms with E-state index in [0.717, 1.165) is 25.1 Å². The monoisotopic (exact) mass is 229 g/mol. The Balaban J connectivity index is 2.54. The van der Waals surface area contributed by atoms with E-state index in [1.165, 1.54) is 6.07 Å². The number of halogens is 2. The first-order valence-electron chi connectivity index (χ1n) is 5.29. The van der Waals surface area contributed by atoms with Gasteiger partial charge in [0, 0.05) is 18.0 Å². The second-order valence-electron chi connectivity index (χ2n) is 3.50. The molecule has 0 aliphatic carbocycles. The number of rotatable bonds is 6. The summed E-state index contributed by atoms with van der Waals surface area (Å²) < 4.78 is 13.4. The summed E-state index contributed by atoms with van der Waals surface area (Å²) >= 11 is 5.64. The first-order valence-corrected chi connectivity index (χ1v) is 5.83.